The van der Waals surface area contributed by atoms with E-state index in [1.54, 1.807) is 0 Å². The lowest BCUT2D eigenvalue weighted by Gasteiger charge is -2.08. The fourth-order valence-electron chi connectivity index (χ4n) is 2.22. The normalized spacial score (nSPS) is 13.6. The molecule has 0 nitrogen and oxygen atoms in total. The van der Waals surface area contributed by atoms with Crippen LogP contribution in [0.1, 0.15) is 29.5 Å². The Morgan fingerprint density at radius 3 is 1.83 bits per heavy atom. The van der Waals surface area contributed by atoms with Crippen LogP contribution in [-0.2, 0) is 0 Å². The summed E-state index contributed by atoms with van der Waals surface area (Å²) in [5.41, 5.74) is 6.38. The number of hydrogen-bond donors (Lipinski definition) is 0. The fourth-order valence-corrected chi connectivity index (χ4v) is 2.22. The number of hydrogen-bond acceptors (Lipinski definition) is 0. The van der Waals surface area contributed by atoms with Crippen molar-refractivity contribution < 1.29 is 4.39 Å². The summed E-state index contributed by atoms with van der Waals surface area (Å²) < 4.78 is 13.0. The van der Waals surface area contributed by atoms with Crippen LogP contribution in [0.3, 0.4) is 0 Å². The first kappa shape index (κ1) is 11.2. The van der Waals surface area contributed by atoms with Crippen molar-refractivity contribution in [2.24, 2.45) is 0 Å². The van der Waals surface area contributed by atoms with E-state index in [4.69, 9.17) is 0 Å². The minimum Gasteiger partial charge on any atom is -0.207 e. The molecule has 0 aliphatic heterocycles. The van der Waals surface area contributed by atoms with E-state index in [9.17, 15) is 4.39 Å². The van der Waals surface area contributed by atoms with Gasteiger partial charge in [-0.15, -0.1) is 0 Å². The molecule has 0 N–H and O–H groups in total. The first-order chi connectivity index (χ1) is 8.74. The monoisotopic (exact) mass is 238 g/mol. The van der Waals surface area contributed by atoms with Gasteiger partial charge >= 0.3 is 0 Å². The van der Waals surface area contributed by atoms with E-state index < -0.39 is 0 Å². The average Bonchev–Trinajstić information content (AvgIpc) is 3.19. The van der Waals surface area contributed by atoms with Crippen LogP contribution in [0, 0.1) is 12.7 Å². The minimum absolute atomic E-state index is 0.178. The number of aryl methyl sites for hydroxylation is 1. The molecule has 18 heavy (non-hydrogen) atoms. The molecule has 1 fully saturated rings. The van der Waals surface area contributed by atoms with Crippen molar-refractivity contribution >= 4 is 5.57 Å². The molecule has 2 aromatic rings. The minimum atomic E-state index is -0.178. The Labute approximate surface area is 107 Å². The Morgan fingerprint density at radius 2 is 1.33 bits per heavy atom. The molecule has 1 saturated carbocycles. The number of halogens is 1. The van der Waals surface area contributed by atoms with Crippen LogP contribution in [0.25, 0.3) is 5.57 Å². The van der Waals surface area contributed by atoms with Crippen LogP contribution in [0.15, 0.2) is 54.1 Å². The van der Waals surface area contributed by atoms with Gasteiger partial charge in [0.2, 0.25) is 0 Å². The summed E-state index contributed by atoms with van der Waals surface area (Å²) in [4.78, 5) is 0. The van der Waals surface area contributed by atoms with Crippen LogP contribution in [0.5, 0.6) is 0 Å². The molecule has 1 aliphatic rings. The fraction of sp³-hybridized carbons (Fsp3) is 0.176. The Kier molecular flexibility index (Phi) is 2.75. The van der Waals surface area contributed by atoms with E-state index in [1.807, 2.05) is 12.1 Å². The van der Waals surface area contributed by atoms with E-state index in [-0.39, 0.29) is 5.82 Å². The van der Waals surface area contributed by atoms with Crippen molar-refractivity contribution in [1.82, 2.24) is 0 Å². The van der Waals surface area contributed by atoms with Crippen LogP contribution < -0.4 is 0 Å². The maximum Gasteiger partial charge on any atom is 0.123 e. The molecule has 0 unspecified atom stereocenters. The predicted octanol–water partition coefficient (Wildman–Crippen LogP) is 4.73. The molecule has 0 bridgehead atoms. The lowest BCUT2D eigenvalue weighted by Crippen LogP contribution is -1.89. The first-order valence-corrected chi connectivity index (χ1v) is 6.29. The lowest BCUT2D eigenvalue weighted by atomic mass is 9.96. The third kappa shape index (κ3) is 2.21. The predicted molar refractivity (Wildman–Crippen MR) is 72.8 cm³/mol. The van der Waals surface area contributed by atoms with Gasteiger partial charge in [0.15, 0.2) is 0 Å². The van der Waals surface area contributed by atoms with Crippen molar-refractivity contribution in [2.75, 3.05) is 0 Å². The van der Waals surface area contributed by atoms with Crippen LogP contribution in [0.2, 0.25) is 0 Å². The van der Waals surface area contributed by atoms with Gasteiger partial charge in [-0.2, -0.15) is 0 Å². The molecule has 3 rings (SSSR count). The van der Waals surface area contributed by atoms with Gasteiger partial charge in [-0.25, -0.2) is 4.39 Å². The number of benzene rings is 2. The van der Waals surface area contributed by atoms with Crippen molar-refractivity contribution in [3.05, 3.63) is 76.6 Å². The van der Waals surface area contributed by atoms with Gasteiger partial charge in [-0.3, -0.25) is 0 Å². The summed E-state index contributed by atoms with van der Waals surface area (Å²) in [7, 11) is 0. The van der Waals surface area contributed by atoms with E-state index in [1.165, 1.54) is 47.2 Å². The van der Waals surface area contributed by atoms with Gasteiger partial charge in [0, 0.05) is 0 Å². The molecule has 0 heterocycles. The molecule has 0 spiro atoms. The smallest absolute Gasteiger partial charge is 0.123 e. The Hall–Kier alpha value is -1.89. The van der Waals surface area contributed by atoms with Gasteiger partial charge in [0.25, 0.3) is 0 Å². The second kappa shape index (κ2) is 4.41. The molecular formula is C17H15F. The van der Waals surface area contributed by atoms with E-state index in [0.29, 0.717) is 0 Å². The molecule has 90 valence electrons. The van der Waals surface area contributed by atoms with E-state index in [0.717, 1.165) is 5.56 Å². The quantitative estimate of drug-likeness (QED) is 0.709. The highest BCUT2D eigenvalue weighted by molar-refractivity contribution is 5.84. The third-order valence-corrected chi connectivity index (χ3v) is 3.33. The molecule has 0 saturated heterocycles. The highest BCUT2D eigenvalue weighted by Crippen LogP contribution is 2.40. The number of rotatable bonds is 2. The summed E-state index contributed by atoms with van der Waals surface area (Å²) in [5.74, 6) is -0.178. The van der Waals surface area contributed by atoms with Crippen molar-refractivity contribution in [3.8, 4) is 0 Å². The SMILES string of the molecule is Cc1ccc(C(=C2CC2)c2ccc(F)cc2)cc1. The zero-order valence-corrected chi connectivity index (χ0v) is 10.4. The molecule has 1 aliphatic carbocycles. The molecule has 0 amide bonds. The van der Waals surface area contributed by atoms with E-state index in [2.05, 4.69) is 31.2 Å². The molecular weight excluding hydrogens is 223 g/mol. The van der Waals surface area contributed by atoms with Gasteiger partial charge in [-0.05, 0) is 48.6 Å². The Morgan fingerprint density at radius 1 is 0.833 bits per heavy atom. The lowest BCUT2D eigenvalue weighted by molar-refractivity contribution is 0.627. The number of allylic oxidation sites excluding steroid dienone is 1. The maximum atomic E-state index is 13.0. The summed E-state index contributed by atoms with van der Waals surface area (Å²) in [6.07, 6.45) is 2.33. The highest BCUT2D eigenvalue weighted by Gasteiger charge is 2.20. The summed E-state index contributed by atoms with van der Waals surface area (Å²) in [6, 6.07) is 15.4. The van der Waals surface area contributed by atoms with Gasteiger partial charge < -0.3 is 0 Å². The molecule has 0 aromatic heterocycles. The van der Waals surface area contributed by atoms with E-state index >= 15 is 0 Å². The second-order valence-corrected chi connectivity index (χ2v) is 4.85. The molecule has 1 heteroatoms. The van der Waals surface area contributed by atoms with Crippen molar-refractivity contribution in [1.29, 1.82) is 0 Å². The Bertz CT molecular complexity index is 535. The second-order valence-electron chi connectivity index (χ2n) is 4.85. The molecule has 0 atom stereocenters. The largest absolute Gasteiger partial charge is 0.207 e. The maximum absolute atomic E-state index is 13.0. The van der Waals surface area contributed by atoms with Crippen LogP contribution >= 0.6 is 0 Å². The third-order valence-electron chi connectivity index (χ3n) is 3.33. The Balaban J connectivity index is 2.07. The zero-order valence-electron chi connectivity index (χ0n) is 10.4. The van der Waals surface area contributed by atoms with Gasteiger partial charge in [-0.1, -0.05) is 47.5 Å². The van der Waals surface area contributed by atoms with Crippen molar-refractivity contribution in [2.45, 2.75) is 19.8 Å². The summed E-state index contributed by atoms with van der Waals surface area (Å²) >= 11 is 0. The van der Waals surface area contributed by atoms with Gasteiger partial charge in [0.1, 0.15) is 5.82 Å². The van der Waals surface area contributed by atoms with Gasteiger partial charge in [0.05, 0.1) is 0 Å². The van der Waals surface area contributed by atoms with Crippen molar-refractivity contribution in [3.63, 3.8) is 0 Å². The molecule has 2 aromatic carbocycles. The average molecular weight is 238 g/mol. The summed E-state index contributed by atoms with van der Waals surface area (Å²) in [5, 5.41) is 0. The standard InChI is InChI=1S/C17H15F/c1-12-2-4-13(5-3-12)17(14-6-7-14)15-8-10-16(18)11-9-15/h2-5,8-11H,6-7H2,1H3. The van der Waals surface area contributed by atoms with Crippen LogP contribution in [0.4, 0.5) is 4.39 Å². The summed E-state index contributed by atoms with van der Waals surface area (Å²) in [6.45, 7) is 2.09. The highest BCUT2D eigenvalue weighted by atomic mass is 19.1. The first-order valence-electron chi connectivity index (χ1n) is 6.29. The topological polar surface area (TPSA) is 0 Å². The molecule has 0 radical (unpaired) electrons. The zero-order chi connectivity index (χ0) is 12.5. The van der Waals surface area contributed by atoms with Crippen LogP contribution in [-0.4, -0.2) is 0 Å².